The quantitative estimate of drug-likeness (QED) is 0.712. The van der Waals surface area contributed by atoms with E-state index in [9.17, 15) is 4.79 Å². The summed E-state index contributed by atoms with van der Waals surface area (Å²) in [5.74, 6) is 0.275. The summed E-state index contributed by atoms with van der Waals surface area (Å²) in [5, 5.41) is 3.27. The topological polar surface area (TPSA) is 32.3 Å². The van der Waals surface area contributed by atoms with Crippen LogP contribution in [0, 0.1) is 0 Å². The Kier molecular flexibility index (Phi) is 3.29. The summed E-state index contributed by atoms with van der Waals surface area (Å²) in [7, 11) is 0. The highest BCUT2D eigenvalue weighted by Gasteiger charge is 2.36. The first kappa shape index (κ1) is 10.9. The first-order valence-electron chi connectivity index (χ1n) is 6.27. The summed E-state index contributed by atoms with van der Waals surface area (Å²) in [4.78, 5) is 14.1. The van der Waals surface area contributed by atoms with Gasteiger partial charge in [0.1, 0.15) is 0 Å². The number of nitrogens with one attached hydrogen (secondary N) is 1. The summed E-state index contributed by atoms with van der Waals surface area (Å²) < 4.78 is 0. The molecule has 2 aliphatic heterocycles. The number of carbonyl (C=O) groups is 1. The molecule has 0 saturated carbocycles. The lowest BCUT2D eigenvalue weighted by atomic mass is 9.83. The molecule has 0 aliphatic carbocycles. The maximum absolute atomic E-state index is 11.6. The monoisotopic (exact) mass is 210 g/mol. The van der Waals surface area contributed by atoms with E-state index in [1.54, 1.807) is 0 Å². The van der Waals surface area contributed by atoms with Crippen LogP contribution in [0.25, 0.3) is 0 Å². The number of hydrogen-bond acceptors (Lipinski definition) is 2. The third kappa shape index (κ3) is 2.51. The van der Waals surface area contributed by atoms with Gasteiger partial charge in [0.2, 0.25) is 5.91 Å². The van der Waals surface area contributed by atoms with Gasteiger partial charge >= 0.3 is 0 Å². The number of amides is 1. The van der Waals surface area contributed by atoms with Crippen molar-refractivity contribution in [3.63, 3.8) is 0 Å². The molecule has 2 aliphatic rings. The highest BCUT2D eigenvalue weighted by atomic mass is 16.1. The summed E-state index contributed by atoms with van der Waals surface area (Å²) >= 11 is 0. The van der Waals surface area contributed by atoms with Crippen molar-refractivity contribution >= 4 is 5.91 Å². The van der Waals surface area contributed by atoms with Crippen LogP contribution in [0.5, 0.6) is 0 Å². The number of carbonyl (C=O) groups excluding carboxylic acids is 1. The van der Waals surface area contributed by atoms with Gasteiger partial charge in [-0.1, -0.05) is 13.3 Å². The Bertz CT molecular complexity index is 232. The molecule has 15 heavy (non-hydrogen) atoms. The van der Waals surface area contributed by atoms with Crippen LogP contribution in [0.3, 0.4) is 0 Å². The van der Waals surface area contributed by atoms with E-state index in [1.165, 1.54) is 12.8 Å². The SMILES string of the molecule is CCN1CCC2(CCCCC(=O)N2)CC1. The molecule has 0 aromatic carbocycles. The molecule has 1 spiro atoms. The molecule has 2 saturated heterocycles. The zero-order chi connectivity index (χ0) is 10.7. The Balaban J connectivity index is 1.97. The van der Waals surface area contributed by atoms with Gasteiger partial charge in [-0.05, 0) is 32.2 Å². The smallest absolute Gasteiger partial charge is 0.220 e. The summed E-state index contributed by atoms with van der Waals surface area (Å²) in [6, 6.07) is 0. The van der Waals surface area contributed by atoms with Crippen molar-refractivity contribution in [2.75, 3.05) is 19.6 Å². The molecule has 1 N–H and O–H groups in total. The second kappa shape index (κ2) is 4.52. The molecule has 0 atom stereocenters. The molecule has 2 heterocycles. The van der Waals surface area contributed by atoms with Gasteiger partial charge in [0.25, 0.3) is 0 Å². The van der Waals surface area contributed by atoms with Gasteiger partial charge in [0, 0.05) is 25.0 Å². The minimum Gasteiger partial charge on any atom is -0.351 e. The predicted molar refractivity (Wildman–Crippen MR) is 60.7 cm³/mol. The Morgan fingerprint density at radius 2 is 2.00 bits per heavy atom. The number of likely N-dealkylation sites (tertiary alicyclic amines) is 1. The molecule has 3 heteroatoms. The van der Waals surface area contributed by atoms with Crippen LogP contribution in [0.1, 0.15) is 45.4 Å². The summed E-state index contributed by atoms with van der Waals surface area (Å²) in [5.41, 5.74) is 0.152. The van der Waals surface area contributed by atoms with E-state index in [-0.39, 0.29) is 11.4 Å². The first-order valence-corrected chi connectivity index (χ1v) is 6.27. The Labute approximate surface area is 92.2 Å². The highest BCUT2D eigenvalue weighted by Crippen LogP contribution is 2.30. The minimum absolute atomic E-state index is 0.152. The molecular weight excluding hydrogens is 188 g/mol. The van der Waals surface area contributed by atoms with Gasteiger partial charge in [-0.25, -0.2) is 0 Å². The van der Waals surface area contributed by atoms with Crippen molar-refractivity contribution in [3.8, 4) is 0 Å². The number of nitrogens with zero attached hydrogens (tertiary/aromatic N) is 1. The van der Waals surface area contributed by atoms with Crippen molar-refractivity contribution < 1.29 is 4.79 Å². The molecule has 3 nitrogen and oxygen atoms in total. The average molecular weight is 210 g/mol. The highest BCUT2D eigenvalue weighted by molar-refractivity contribution is 5.77. The van der Waals surface area contributed by atoms with Crippen LogP contribution in [-0.2, 0) is 4.79 Å². The third-order valence-corrected chi connectivity index (χ3v) is 3.97. The van der Waals surface area contributed by atoms with Crippen molar-refractivity contribution in [2.24, 2.45) is 0 Å². The first-order chi connectivity index (χ1) is 7.24. The van der Waals surface area contributed by atoms with Crippen molar-refractivity contribution in [1.82, 2.24) is 10.2 Å². The molecule has 1 amide bonds. The number of rotatable bonds is 1. The van der Waals surface area contributed by atoms with E-state index >= 15 is 0 Å². The minimum atomic E-state index is 0.152. The van der Waals surface area contributed by atoms with Crippen molar-refractivity contribution in [3.05, 3.63) is 0 Å². The lowest BCUT2D eigenvalue weighted by molar-refractivity contribution is -0.123. The van der Waals surface area contributed by atoms with Crippen LogP contribution in [-0.4, -0.2) is 36.0 Å². The van der Waals surface area contributed by atoms with Crippen LogP contribution >= 0.6 is 0 Å². The van der Waals surface area contributed by atoms with Gasteiger partial charge in [0.15, 0.2) is 0 Å². The lowest BCUT2D eigenvalue weighted by Gasteiger charge is -2.41. The van der Waals surface area contributed by atoms with E-state index in [0.717, 1.165) is 45.3 Å². The predicted octanol–water partition coefficient (Wildman–Crippen LogP) is 1.53. The summed E-state index contributed by atoms with van der Waals surface area (Å²) in [6.45, 7) is 5.65. The maximum atomic E-state index is 11.6. The third-order valence-electron chi connectivity index (χ3n) is 3.97. The second-order valence-corrected chi connectivity index (χ2v) is 4.97. The molecular formula is C12H22N2O. The molecule has 86 valence electrons. The molecule has 0 aromatic heterocycles. The van der Waals surface area contributed by atoms with Crippen LogP contribution < -0.4 is 5.32 Å². The molecule has 0 bridgehead atoms. The largest absolute Gasteiger partial charge is 0.351 e. The molecule has 2 fully saturated rings. The lowest BCUT2D eigenvalue weighted by Crippen LogP contribution is -2.54. The molecule has 2 rings (SSSR count). The van der Waals surface area contributed by atoms with E-state index < -0.39 is 0 Å². The summed E-state index contributed by atoms with van der Waals surface area (Å²) in [6.07, 6.45) is 6.50. The Morgan fingerprint density at radius 3 is 2.67 bits per heavy atom. The second-order valence-electron chi connectivity index (χ2n) is 4.97. The van der Waals surface area contributed by atoms with Gasteiger partial charge in [-0.2, -0.15) is 0 Å². The van der Waals surface area contributed by atoms with E-state index in [4.69, 9.17) is 0 Å². The maximum Gasteiger partial charge on any atom is 0.220 e. The van der Waals surface area contributed by atoms with Gasteiger partial charge in [-0.15, -0.1) is 0 Å². The Hall–Kier alpha value is -0.570. The molecule has 0 unspecified atom stereocenters. The molecule has 0 radical (unpaired) electrons. The van der Waals surface area contributed by atoms with Crippen molar-refractivity contribution in [2.45, 2.75) is 51.0 Å². The van der Waals surface area contributed by atoms with Crippen molar-refractivity contribution in [1.29, 1.82) is 0 Å². The fourth-order valence-electron chi connectivity index (χ4n) is 2.84. The van der Waals surface area contributed by atoms with Crippen LogP contribution in [0.4, 0.5) is 0 Å². The fraction of sp³-hybridized carbons (Fsp3) is 0.917. The van der Waals surface area contributed by atoms with Gasteiger partial charge < -0.3 is 10.2 Å². The standard InChI is InChI=1S/C12H22N2O/c1-2-14-9-7-12(8-10-14)6-4-3-5-11(15)13-12/h2-10H2,1H3,(H,13,15). The fourth-order valence-corrected chi connectivity index (χ4v) is 2.84. The number of piperidine rings is 1. The van der Waals surface area contributed by atoms with E-state index in [0.29, 0.717) is 0 Å². The van der Waals surface area contributed by atoms with E-state index in [2.05, 4.69) is 17.1 Å². The van der Waals surface area contributed by atoms with E-state index in [1.807, 2.05) is 0 Å². The zero-order valence-corrected chi connectivity index (χ0v) is 9.72. The molecule has 0 aromatic rings. The normalized spacial score (nSPS) is 27.4. The average Bonchev–Trinajstić information content (AvgIpc) is 2.42. The Morgan fingerprint density at radius 1 is 1.27 bits per heavy atom. The van der Waals surface area contributed by atoms with Crippen LogP contribution in [0.15, 0.2) is 0 Å². The van der Waals surface area contributed by atoms with Gasteiger partial charge in [0.05, 0.1) is 0 Å². The van der Waals surface area contributed by atoms with Crippen LogP contribution in [0.2, 0.25) is 0 Å². The number of hydrogen-bond donors (Lipinski definition) is 1. The van der Waals surface area contributed by atoms with Gasteiger partial charge in [-0.3, -0.25) is 4.79 Å². The zero-order valence-electron chi connectivity index (χ0n) is 9.72.